The molecular weight excluding hydrogens is 288 g/mol. The minimum absolute atomic E-state index is 0.0970. The molecule has 2 heterocycles. The number of aromatic nitrogens is 1. The third-order valence-electron chi connectivity index (χ3n) is 4.22. The number of hydrogen-bond acceptors (Lipinski definition) is 3. The molecule has 0 bridgehead atoms. The molecule has 0 saturated carbocycles. The van der Waals surface area contributed by atoms with Crippen LogP contribution in [-0.4, -0.2) is 18.0 Å². The van der Waals surface area contributed by atoms with Crippen LogP contribution in [0, 0.1) is 0 Å². The highest BCUT2D eigenvalue weighted by molar-refractivity contribution is 6.04. The zero-order valence-corrected chi connectivity index (χ0v) is 12.8. The number of fused-ring (bicyclic) bond motifs is 2. The molecule has 2 aromatic carbocycles. The fourth-order valence-corrected chi connectivity index (χ4v) is 3.06. The van der Waals surface area contributed by atoms with Crippen molar-refractivity contribution in [3.63, 3.8) is 0 Å². The Kier molecular flexibility index (Phi) is 3.23. The third-order valence-corrected chi connectivity index (χ3v) is 4.22. The molecule has 0 fully saturated rings. The Morgan fingerprint density at radius 3 is 2.83 bits per heavy atom. The van der Waals surface area contributed by atoms with Crippen LogP contribution < -0.4 is 9.64 Å². The summed E-state index contributed by atoms with van der Waals surface area (Å²) in [6.07, 6.45) is 3.00. The van der Waals surface area contributed by atoms with Crippen molar-refractivity contribution < 1.29 is 9.53 Å². The quantitative estimate of drug-likeness (QED) is 0.722. The van der Waals surface area contributed by atoms with E-state index in [0.29, 0.717) is 6.42 Å². The maximum atomic E-state index is 12.5. The number of nitrogens with zero attached hydrogens (tertiary/aromatic N) is 2. The van der Waals surface area contributed by atoms with Crippen molar-refractivity contribution in [1.82, 2.24) is 4.98 Å². The van der Waals surface area contributed by atoms with Crippen molar-refractivity contribution in [2.24, 2.45) is 0 Å². The first-order valence-corrected chi connectivity index (χ1v) is 7.61. The summed E-state index contributed by atoms with van der Waals surface area (Å²) >= 11 is 0. The van der Waals surface area contributed by atoms with E-state index < -0.39 is 0 Å². The van der Waals surface area contributed by atoms with Crippen LogP contribution in [0.3, 0.4) is 0 Å². The number of methoxy groups -OCH3 is 1. The number of carbonyl (C=O) groups excluding carboxylic acids is 1. The highest BCUT2D eigenvalue weighted by Gasteiger charge is 2.26. The Balaban J connectivity index is 1.85. The highest BCUT2D eigenvalue weighted by Crippen LogP contribution is 2.36. The van der Waals surface area contributed by atoms with E-state index in [1.54, 1.807) is 18.2 Å². The molecule has 4 nitrogen and oxygen atoms in total. The van der Waals surface area contributed by atoms with Crippen LogP contribution in [0.15, 0.2) is 54.7 Å². The van der Waals surface area contributed by atoms with E-state index in [9.17, 15) is 4.79 Å². The number of carbonyl (C=O) groups is 1. The molecule has 23 heavy (non-hydrogen) atoms. The summed E-state index contributed by atoms with van der Waals surface area (Å²) in [6.45, 7) is 0. The van der Waals surface area contributed by atoms with Gasteiger partial charge in [-0.05, 0) is 42.3 Å². The number of hydrogen-bond donors (Lipinski definition) is 0. The van der Waals surface area contributed by atoms with E-state index in [-0.39, 0.29) is 5.91 Å². The summed E-state index contributed by atoms with van der Waals surface area (Å²) in [5.41, 5.74) is 3.77. The molecule has 0 atom stereocenters. The van der Waals surface area contributed by atoms with Crippen LogP contribution in [0.5, 0.6) is 5.75 Å². The van der Waals surface area contributed by atoms with E-state index in [0.717, 1.165) is 40.0 Å². The monoisotopic (exact) mass is 304 g/mol. The summed E-state index contributed by atoms with van der Waals surface area (Å²) in [7, 11) is 1.65. The van der Waals surface area contributed by atoms with Gasteiger partial charge in [0.2, 0.25) is 5.91 Å². The molecular formula is C19H16N2O2. The lowest BCUT2D eigenvalue weighted by atomic mass is 10.00. The van der Waals surface area contributed by atoms with Gasteiger partial charge >= 0.3 is 0 Å². The van der Waals surface area contributed by atoms with Crippen molar-refractivity contribution in [3.8, 4) is 5.75 Å². The molecule has 114 valence electrons. The molecule has 1 aliphatic rings. The van der Waals surface area contributed by atoms with Crippen LogP contribution in [0.25, 0.3) is 10.9 Å². The SMILES string of the molecule is COc1ccc2c(c1)CCC(=O)N2c1cnc2ccccc2c1. The fraction of sp³-hybridized carbons (Fsp3) is 0.158. The predicted octanol–water partition coefficient (Wildman–Crippen LogP) is 3.85. The minimum Gasteiger partial charge on any atom is -0.497 e. The van der Waals surface area contributed by atoms with Crippen LogP contribution >= 0.6 is 0 Å². The molecule has 0 N–H and O–H groups in total. The van der Waals surface area contributed by atoms with Gasteiger partial charge in [0.05, 0.1) is 30.2 Å². The van der Waals surface area contributed by atoms with E-state index >= 15 is 0 Å². The van der Waals surface area contributed by atoms with E-state index in [4.69, 9.17) is 4.74 Å². The number of aryl methyl sites for hydroxylation is 1. The Morgan fingerprint density at radius 2 is 1.96 bits per heavy atom. The van der Waals surface area contributed by atoms with Crippen molar-refractivity contribution in [2.45, 2.75) is 12.8 Å². The van der Waals surface area contributed by atoms with Crippen LogP contribution in [0.1, 0.15) is 12.0 Å². The predicted molar refractivity (Wildman–Crippen MR) is 90.2 cm³/mol. The zero-order chi connectivity index (χ0) is 15.8. The second-order valence-corrected chi connectivity index (χ2v) is 5.61. The molecule has 0 radical (unpaired) electrons. The lowest BCUT2D eigenvalue weighted by Gasteiger charge is -2.29. The average molecular weight is 304 g/mol. The molecule has 0 spiro atoms. The van der Waals surface area contributed by atoms with Crippen molar-refractivity contribution in [2.75, 3.05) is 12.0 Å². The molecule has 4 rings (SSSR count). The summed E-state index contributed by atoms with van der Waals surface area (Å²) in [5.74, 6) is 0.912. The van der Waals surface area contributed by atoms with E-state index in [2.05, 4.69) is 4.98 Å². The molecule has 1 aromatic heterocycles. The van der Waals surface area contributed by atoms with Crippen LogP contribution in [0.2, 0.25) is 0 Å². The smallest absolute Gasteiger partial charge is 0.231 e. The van der Waals surface area contributed by atoms with Gasteiger partial charge in [-0.2, -0.15) is 0 Å². The first-order valence-electron chi connectivity index (χ1n) is 7.61. The van der Waals surface area contributed by atoms with Crippen molar-refractivity contribution in [1.29, 1.82) is 0 Å². The summed E-state index contributed by atoms with van der Waals surface area (Å²) in [5, 5.41) is 1.03. The van der Waals surface area contributed by atoms with Gasteiger partial charge in [-0.15, -0.1) is 0 Å². The van der Waals surface area contributed by atoms with Crippen LogP contribution in [0.4, 0.5) is 11.4 Å². The Hall–Kier alpha value is -2.88. The standard InChI is InChI=1S/C19H16N2O2/c1-23-16-7-8-18-14(11-16)6-9-19(22)21(18)15-10-13-4-2-3-5-17(13)20-12-15/h2-5,7-8,10-12H,6,9H2,1H3. The van der Waals surface area contributed by atoms with Crippen molar-refractivity contribution >= 4 is 28.2 Å². The number of rotatable bonds is 2. The number of para-hydroxylation sites is 1. The summed E-state index contributed by atoms with van der Waals surface area (Å²) in [6, 6.07) is 15.8. The van der Waals surface area contributed by atoms with Gasteiger partial charge in [0.15, 0.2) is 0 Å². The second-order valence-electron chi connectivity index (χ2n) is 5.61. The normalized spacial score (nSPS) is 14.0. The molecule has 0 unspecified atom stereocenters. The van der Waals surface area contributed by atoms with Crippen LogP contribution in [-0.2, 0) is 11.2 Å². The molecule has 0 saturated heterocycles. The van der Waals surface area contributed by atoms with Gasteiger partial charge in [0.1, 0.15) is 5.75 Å². The van der Waals surface area contributed by atoms with Gasteiger partial charge < -0.3 is 4.74 Å². The lowest BCUT2D eigenvalue weighted by molar-refractivity contribution is -0.118. The van der Waals surface area contributed by atoms with Gasteiger partial charge in [-0.3, -0.25) is 14.7 Å². The number of amides is 1. The number of anilines is 2. The molecule has 1 amide bonds. The second kappa shape index (κ2) is 5.39. The summed E-state index contributed by atoms with van der Waals surface area (Å²) < 4.78 is 5.29. The molecule has 4 heteroatoms. The zero-order valence-electron chi connectivity index (χ0n) is 12.8. The van der Waals surface area contributed by atoms with Gasteiger partial charge in [-0.1, -0.05) is 18.2 Å². The van der Waals surface area contributed by atoms with E-state index in [1.807, 2.05) is 48.5 Å². The van der Waals surface area contributed by atoms with Gasteiger partial charge in [0.25, 0.3) is 0 Å². The van der Waals surface area contributed by atoms with Gasteiger partial charge in [0, 0.05) is 11.8 Å². The summed E-state index contributed by atoms with van der Waals surface area (Å²) in [4.78, 5) is 18.8. The molecule has 1 aliphatic heterocycles. The fourth-order valence-electron chi connectivity index (χ4n) is 3.06. The lowest BCUT2D eigenvalue weighted by Crippen LogP contribution is -2.30. The Labute approximate surface area is 134 Å². The minimum atomic E-state index is 0.0970. The average Bonchev–Trinajstić information content (AvgIpc) is 2.61. The van der Waals surface area contributed by atoms with Crippen molar-refractivity contribution in [3.05, 3.63) is 60.3 Å². The Morgan fingerprint density at radius 1 is 1.09 bits per heavy atom. The third kappa shape index (κ3) is 2.32. The van der Waals surface area contributed by atoms with E-state index in [1.165, 1.54) is 0 Å². The first kappa shape index (κ1) is 13.8. The maximum Gasteiger partial charge on any atom is 0.231 e. The number of pyridine rings is 1. The largest absolute Gasteiger partial charge is 0.497 e. The topological polar surface area (TPSA) is 42.4 Å². The number of benzene rings is 2. The number of ether oxygens (including phenoxy) is 1. The van der Waals surface area contributed by atoms with Gasteiger partial charge in [-0.25, -0.2) is 0 Å². The highest BCUT2D eigenvalue weighted by atomic mass is 16.5. The molecule has 3 aromatic rings. The molecule has 0 aliphatic carbocycles. The Bertz CT molecular complexity index is 905. The maximum absolute atomic E-state index is 12.5. The first-order chi connectivity index (χ1) is 11.3.